The van der Waals surface area contributed by atoms with Crippen molar-refractivity contribution in [1.82, 2.24) is 0 Å². The molecule has 6 aromatic carbocycles. The molecule has 2 aliphatic rings. The summed E-state index contributed by atoms with van der Waals surface area (Å²) in [4.78, 5) is 6.96. The number of fused-ring (bicyclic) bond motifs is 2. The molecule has 0 spiro atoms. The molecule has 0 bridgehead atoms. The molecule has 0 aliphatic carbocycles. The summed E-state index contributed by atoms with van der Waals surface area (Å²) in [5.41, 5.74) is 10.6. The molecule has 2 aliphatic heterocycles. The van der Waals surface area contributed by atoms with Crippen LogP contribution in [-0.4, -0.2) is 27.3 Å². The Bertz CT molecular complexity index is 2040. The highest BCUT2D eigenvalue weighted by Gasteiger charge is 2.29. The zero-order valence-electron chi connectivity index (χ0n) is 30.1. The Balaban J connectivity index is 1.39. The minimum Gasteiger partial charge on any atom is -0.355 e. The molecule has 0 atom stereocenters. The standard InChI is InChI=1S/C40H34N4/c1-41-27-43(38-22-11-9-20-36(38)41)32-24-31(25-33(26-32)44-28-42(2)37-21-10-12-23-39(37)44)40-34(29-14-5-3-6-15-29)18-13-19-35(40)30-16-7-4-8-17-30/h3-26H,27-28H2,1-2H3/i1D3,2D3. The van der Waals surface area contributed by atoms with E-state index in [0.717, 1.165) is 56.1 Å². The van der Waals surface area contributed by atoms with Gasteiger partial charge in [0.05, 0.1) is 36.1 Å². The summed E-state index contributed by atoms with van der Waals surface area (Å²) in [6.45, 7) is -4.44. The summed E-state index contributed by atoms with van der Waals surface area (Å²) in [5.74, 6) is 0. The van der Waals surface area contributed by atoms with Gasteiger partial charge >= 0.3 is 0 Å². The van der Waals surface area contributed by atoms with E-state index in [1.54, 1.807) is 0 Å². The Hall–Kier alpha value is -5.48. The summed E-state index contributed by atoms with van der Waals surface area (Å²) < 4.78 is 50.0. The summed E-state index contributed by atoms with van der Waals surface area (Å²) in [6.07, 6.45) is 0. The van der Waals surface area contributed by atoms with Gasteiger partial charge in [0.1, 0.15) is 0 Å². The number of benzene rings is 6. The first-order valence-corrected chi connectivity index (χ1v) is 14.8. The summed E-state index contributed by atoms with van der Waals surface area (Å²) in [6, 6.07) is 48.3. The van der Waals surface area contributed by atoms with Gasteiger partial charge in [0.2, 0.25) is 0 Å². The Morgan fingerprint density at radius 1 is 0.432 bits per heavy atom. The number of para-hydroxylation sites is 4. The van der Waals surface area contributed by atoms with Gasteiger partial charge in [-0.25, -0.2) is 0 Å². The average molecular weight is 577 g/mol. The van der Waals surface area contributed by atoms with Crippen LogP contribution in [-0.2, 0) is 0 Å². The molecule has 0 fully saturated rings. The number of anilines is 6. The van der Waals surface area contributed by atoms with Gasteiger partial charge < -0.3 is 19.6 Å². The Kier molecular flexibility index (Phi) is 4.95. The molecule has 8 rings (SSSR count). The van der Waals surface area contributed by atoms with Crippen molar-refractivity contribution in [2.24, 2.45) is 0 Å². The molecular weight excluding hydrogens is 536 g/mol. The van der Waals surface area contributed by atoms with E-state index in [9.17, 15) is 0 Å². The lowest BCUT2D eigenvalue weighted by Crippen LogP contribution is -2.26. The van der Waals surface area contributed by atoms with Crippen molar-refractivity contribution in [3.8, 4) is 33.4 Å². The number of hydrogen-bond donors (Lipinski definition) is 0. The molecule has 4 nitrogen and oxygen atoms in total. The maximum absolute atomic E-state index is 8.34. The van der Waals surface area contributed by atoms with E-state index in [-0.39, 0.29) is 13.3 Å². The lowest BCUT2D eigenvalue weighted by atomic mass is 9.87. The summed E-state index contributed by atoms with van der Waals surface area (Å²) in [7, 11) is 0. The zero-order chi connectivity index (χ0) is 34.6. The maximum Gasteiger partial charge on any atom is 0.0950 e. The average Bonchev–Trinajstić information content (AvgIpc) is 3.72. The molecule has 0 saturated carbocycles. The number of hydrogen-bond acceptors (Lipinski definition) is 4. The van der Waals surface area contributed by atoms with Gasteiger partial charge in [-0.05, 0) is 75.8 Å². The van der Waals surface area contributed by atoms with E-state index in [2.05, 4.69) is 54.6 Å². The van der Waals surface area contributed by atoms with Crippen LogP contribution in [0.5, 0.6) is 0 Å². The van der Waals surface area contributed by atoms with Crippen LogP contribution in [0.1, 0.15) is 8.22 Å². The fourth-order valence-corrected chi connectivity index (χ4v) is 6.50. The monoisotopic (exact) mass is 576 g/mol. The highest BCUT2D eigenvalue weighted by molar-refractivity contribution is 5.98. The minimum atomic E-state index is -2.35. The van der Waals surface area contributed by atoms with Crippen molar-refractivity contribution in [2.75, 3.05) is 46.9 Å². The predicted molar refractivity (Wildman–Crippen MR) is 186 cm³/mol. The second-order valence-corrected chi connectivity index (χ2v) is 11.2. The van der Waals surface area contributed by atoms with E-state index in [1.807, 2.05) is 101 Å². The van der Waals surface area contributed by atoms with Crippen LogP contribution in [0.2, 0.25) is 0 Å². The first kappa shape index (κ1) is 20.4. The molecule has 0 radical (unpaired) electrons. The molecule has 0 unspecified atom stereocenters. The number of rotatable bonds is 5. The highest BCUT2D eigenvalue weighted by Crippen LogP contribution is 2.48. The zero-order valence-corrected chi connectivity index (χ0v) is 24.1. The van der Waals surface area contributed by atoms with Crippen molar-refractivity contribution in [3.63, 3.8) is 0 Å². The molecular formula is C40H34N4. The molecule has 44 heavy (non-hydrogen) atoms. The van der Waals surface area contributed by atoms with Crippen LogP contribution < -0.4 is 19.6 Å². The topological polar surface area (TPSA) is 13.0 Å². The smallest absolute Gasteiger partial charge is 0.0950 e. The van der Waals surface area contributed by atoms with Crippen LogP contribution in [0.3, 0.4) is 0 Å². The van der Waals surface area contributed by atoms with Crippen LogP contribution in [0.25, 0.3) is 33.4 Å². The van der Waals surface area contributed by atoms with Crippen molar-refractivity contribution >= 4 is 34.1 Å². The first-order chi connectivity index (χ1) is 24.1. The van der Waals surface area contributed by atoms with E-state index in [4.69, 9.17) is 8.22 Å². The molecule has 0 N–H and O–H groups in total. The van der Waals surface area contributed by atoms with Crippen LogP contribution in [0.15, 0.2) is 146 Å². The molecule has 0 amide bonds. The largest absolute Gasteiger partial charge is 0.355 e. The Morgan fingerprint density at radius 3 is 1.32 bits per heavy atom. The third-order valence-corrected chi connectivity index (χ3v) is 8.54. The van der Waals surface area contributed by atoms with Gasteiger partial charge in [0, 0.05) is 33.6 Å². The first-order valence-electron chi connectivity index (χ1n) is 17.8. The van der Waals surface area contributed by atoms with Crippen LogP contribution in [0.4, 0.5) is 34.1 Å². The summed E-state index contributed by atoms with van der Waals surface area (Å²) in [5, 5.41) is 0. The second-order valence-electron chi connectivity index (χ2n) is 11.2. The second kappa shape index (κ2) is 10.7. The van der Waals surface area contributed by atoms with Crippen molar-refractivity contribution < 1.29 is 8.22 Å². The van der Waals surface area contributed by atoms with Gasteiger partial charge in [-0.1, -0.05) is 103 Å². The van der Waals surface area contributed by atoms with E-state index >= 15 is 0 Å². The quantitative estimate of drug-likeness (QED) is 0.202. The van der Waals surface area contributed by atoms with Crippen LogP contribution >= 0.6 is 0 Å². The van der Waals surface area contributed by atoms with Crippen molar-refractivity contribution in [3.05, 3.63) is 146 Å². The molecule has 2 heterocycles. The normalized spacial score (nSPS) is 16.4. The van der Waals surface area contributed by atoms with E-state index in [0.29, 0.717) is 11.4 Å². The molecule has 6 aromatic rings. The lowest BCUT2D eigenvalue weighted by molar-refractivity contribution is 0.940. The fraction of sp³-hybridized carbons (Fsp3) is 0.100. The Labute approximate surface area is 268 Å². The van der Waals surface area contributed by atoms with Gasteiger partial charge in [-0.15, -0.1) is 0 Å². The molecule has 0 saturated heterocycles. The van der Waals surface area contributed by atoms with E-state index < -0.39 is 14.0 Å². The third kappa shape index (κ3) is 4.38. The fourth-order valence-electron chi connectivity index (χ4n) is 6.50. The third-order valence-electron chi connectivity index (χ3n) is 8.54. The van der Waals surface area contributed by atoms with E-state index in [1.165, 1.54) is 9.80 Å². The summed E-state index contributed by atoms with van der Waals surface area (Å²) >= 11 is 0. The molecule has 0 aromatic heterocycles. The van der Waals surface area contributed by atoms with Crippen molar-refractivity contribution in [1.29, 1.82) is 0 Å². The van der Waals surface area contributed by atoms with Gasteiger partial charge in [0.25, 0.3) is 0 Å². The SMILES string of the molecule is [2H]C([2H])([2H])N1CN(c2cc(-c3c(-c4ccccc4)cccc3-c3ccccc3)cc(N3CN(C([2H])([2H])[2H])c4ccccc43)c2)c2ccccc21. The van der Waals surface area contributed by atoms with Gasteiger partial charge in [0.15, 0.2) is 0 Å². The Morgan fingerprint density at radius 2 is 0.864 bits per heavy atom. The van der Waals surface area contributed by atoms with Gasteiger partial charge in [-0.3, -0.25) is 0 Å². The highest BCUT2D eigenvalue weighted by atomic mass is 15.4. The number of nitrogens with zero attached hydrogens (tertiary/aromatic N) is 4. The van der Waals surface area contributed by atoms with Crippen molar-refractivity contribution in [2.45, 2.75) is 0 Å². The lowest BCUT2D eigenvalue weighted by Gasteiger charge is -2.26. The maximum atomic E-state index is 8.34. The minimum absolute atomic E-state index is 0.128. The molecule has 214 valence electrons. The molecule has 4 heteroatoms. The predicted octanol–water partition coefficient (Wildman–Crippen LogP) is 9.78. The van der Waals surface area contributed by atoms with Gasteiger partial charge in [-0.2, -0.15) is 0 Å². The van der Waals surface area contributed by atoms with Crippen LogP contribution in [0, 0.1) is 0 Å².